The van der Waals surface area contributed by atoms with Crippen LogP contribution in [0.4, 0.5) is 0 Å². The molecule has 1 atom stereocenters. The van der Waals surface area contributed by atoms with E-state index in [0.29, 0.717) is 29.1 Å². The maximum absolute atomic E-state index is 11.6. The molecule has 0 unspecified atom stereocenters. The summed E-state index contributed by atoms with van der Waals surface area (Å²) in [5, 5.41) is 20.2. The Balaban J connectivity index is 1.61. The molecule has 1 heterocycles. The first kappa shape index (κ1) is 24.3. The molecule has 0 saturated carbocycles. The lowest BCUT2D eigenvalue weighted by Gasteiger charge is -2.17. The summed E-state index contributed by atoms with van der Waals surface area (Å²) < 4.78 is 13.4. The van der Waals surface area contributed by atoms with Crippen molar-refractivity contribution in [3.63, 3.8) is 0 Å². The van der Waals surface area contributed by atoms with Crippen LogP contribution in [0.3, 0.4) is 0 Å². The maximum atomic E-state index is 11.6. The molecule has 0 spiro atoms. The molecule has 9 heteroatoms. The van der Waals surface area contributed by atoms with Gasteiger partial charge in [-0.15, -0.1) is 10.2 Å². The number of methoxy groups -OCH3 is 1. The zero-order valence-electron chi connectivity index (χ0n) is 19.7. The van der Waals surface area contributed by atoms with Crippen LogP contribution in [0.5, 0.6) is 11.5 Å². The Morgan fingerprint density at radius 2 is 1.80 bits per heavy atom. The number of hydrogen-bond donors (Lipinski definition) is 0. The average molecular weight is 491 g/mol. The van der Waals surface area contributed by atoms with Crippen LogP contribution in [-0.4, -0.2) is 33.3 Å². The van der Waals surface area contributed by atoms with Gasteiger partial charge in [-0.1, -0.05) is 60.3 Å². The fourth-order valence-corrected chi connectivity index (χ4v) is 4.86. The second-order valence-corrected chi connectivity index (χ2v) is 9.18. The van der Waals surface area contributed by atoms with Crippen LogP contribution in [0.1, 0.15) is 27.8 Å². The van der Waals surface area contributed by atoms with Crippen molar-refractivity contribution >= 4 is 11.8 Å². The molecule has 1 aromatic heterocycles. The maximum Gasteiger partial charge on any atom is 0.220 e. The van der Waals surface area contributed by atoms with Crippen LogP contribution in [0, 0.1) is 24.0 Å². The summed E-state index contributed by atoms with van der Waals surface area (Å²) in [6, 6.07) is 23.2. The summed E-state index contributed by atoms with van der Waals surface area (Å²) in [4.78, 5) is 11.2. The van der Waals surface area contributed by atoms with E-state index < -0.39 is 5.25 Å². The van der Waals surface area contributed by atoms with Crippen molar-refractivity contribution in [1.29, 1.82) is 0 Å². The van der Waals surface area contributed by atoms with E-state index in [1.807, 2.05) is 79.1 Å². The van der Waals surface area contributed by atoms with Crippen LogP contribution < -0.4 is 9.47 Å². The molecule has 0 radical (unpaired) electrons. The third-order valence-electron chi connectivity index (χ3n) is 5.41. The molecule has 4 rings (SSSR count). The lowest BCUT2D eigenvalue weighted by Crippen LogP contribution is -2.11. The number of nitrogens with zero attached hydrogens (tertiary/aromatic N) is 4. The lowest BCUT2D eigenvalue weighted by molar-refractivity contribution is -0.479. The summed E-state index contributed by atoms with van der Waals surface area (Å²) in [6.07, 6.45) is 0. The Bertz CT molecular complexity index is 1310. The molecular formula is C26H26N4O4S. The molecular weight excluding hydrogens is 464 g/mol. The quantitative estimate of drug-likeness (QED) is 0.163. The highest BCUT2D eigenvalue weighted by Crippen LogP contribution is 2.39. The number of thioether (sulfide) groups is 1. The minimum absolute atomic E-state index is 0.280. The molecule has 8 nitrogen and oxygen atoms in total. The molecule has 0 N–H and O–H groups in total. The van der Waals surface area contributed by atoms with Crippen LogP contribution >= 0.6 is 11.8 Å². The molecule has 4 aromatic rings. The van der Waals surface area contributed by atoms with Crippen molar-refractivity contribution < 1.29 is 14.4 Å². The monoisotopic (exact) mass is 490 g/mol. The zero-order chi connectivity index (χ0) is 24.8. The summed E-state index contributed by atoms with van der Waals surface area (Å²) in [6.45, 7) is 3.99. The van der Waals surface area contributed by atoms with Gasteiger partial charge in [-0.2, -0.15) is 0 Å². The standard InChI is InChI=1S/C26H26N4O4S/c1-18-8-7-11-22(14-18)30-19(2)27-28-26(30)35-25(16-29(31)32)21-12-13-23(24(15-21)33-3)34-17-20-9-5-4-6-10-20/h4-15,25H,16-17H2,1-3H3/t25-/m1/s1. The molecule has 3 aromatic carbocycles. The van der Waals surface area contributed by atoms with Crippen LogP contribution in [-0.2, 0) is 6.61 Å². The third kappa shape index (κ3) is 5.99. The Kier molecular flexibility index (Phi) is 7.67. The van der Waals surface area contributed by atoms with Crippen molar-refractivity contribution in [3.05, 3.63) is 105 Å². The van der Waals surface area contributed by atoms with E-state index in [4.69, 9.17) is 9.47 Å². The van der Waals surface area contributed by atoms with E-state index in [0.717, 1.165) is 22.4 Å². The van der Waals surface area contributed by atoms with Crippen LogP contribution in [0.15, 0.2) is 78.0 Å². The minimum Gasteiger partial charge on any atom is -0.493 e. The number of aromatic nitrogens is 3. The molecule has 35 heavy (non-hydrogen) atoms. The van der Waals surface area contributed by atoms with Gasteiger partial charge in [-0.3, -0.25) is 14.7 Å². The molecule has 0 aliphatic heterocycles. The van der Waals surface area contributed by atoms with Gasteiger partial charge in [-0.25, -0.2) is 0 Å². The van der Waals surface area contributed by atoms with Crippen molar-refractivity contribution in [2.24, 2.45) is 0 Å². The summed E-state index contributed by atoms with van der Waals surface area (Å²) in [5.74, 6) is 1.80. The van der Waals surface area contributed by atoms with E-state index in [1.165, 1.54) is 11.8 Å². The second kappa shape index (κ2) is 11.1. The molecule has 0 bridgehead atoms. The van der Waals surface area contributed by atoms with Gasteiger partial charge in [0.05, 0.1) is 7.11 Å². The molecule has 0 amide bonds. The Morgan fingerprint density at radius 1 is 1.00 bits per heavy atom. The van der Waals surface area contributed by atoms with Gasteiger partial charge in [0.15, 0.2) is 16.7 Å². The summed E-state index contributed by atoms with van der Waals surface area (Å²) >= 11 is 1.30. The highest BCUT2D eigenvalue weighted by Gasteiger charge is 2.25. The smallest absolute Gasteiger partial charge is 0.220 e. The lowest BCUT2D eigenvalue weighted by atomic mass is 10.1. The predicted octanol–water partition coefficient (Wildman–Crippen LogP) is 5.58. The summed E-state index contributed by atoms with van der Waals surface area (Å²) in [5.41, 5.74) is 3.79. The van der Waals surface area contributed by atoms with E-state index >= 15 is 0 Å². The molecule has 0 aliphatic rings. The minimum atomic E-state index is -0.505. The Hall–Kier alpha value is -3.85. The number of rotatable bonds is 10. The first-order chi connectivity index (χ1) is 16.9. The fraction of sp³-hybridized carbons (Fsp3) is 0.231. The first-order valence-electron chi connectivity index (χ1n) is 11.1. The second-order valence-electron chi connectivity index (χ2n) is 8.01. The van der Waals surface area contributed by atoms with Gasteiger partial charge in [0.25, 0.3) is 0 Å². The Morgan fingerprint density at radius 3 is 2.51 bits per heavy atom. The zero-order valence-corrected chi connectivity index (χ0v) is 20.6. The van der Waals surface area contributed by atoms with E-state index in [9.17, 15) is 10.1 Å². The largest absolute Gasteiger partial charge is 0.493 e. The van der Waals surface area contributed by atoms with Crippen molar-refractivity contribution in [2.45, 2.75) is 30.9 Å². The van der Waals surface area contributed by atoms with E-state index in [-0.39, 0.29) is 11.5 Å². The number of benzene rings is 3. The van der Waals surface area contributed by atoms with Crippen LogP contribution in [0.2, 0.25) is 0 Å². The van der Waals surface area contributed by atoms with Crippen molar-refractivity contribution in [1.82, 2.24) is 14.8 Å². The van der Waals surface area contributed by atoms with Crippen LogP contribution in [0.25, 0.3) is 5.69 Å². The highest BCUT2D eigenvalue weighted by atomic mass is 32.2. The third-order valence-corrected chi connectivity index (χ3v) is 6.60. The molecule has 0 saturated heterocycles. The number of nitro groups is 1. The molecule has 180 valence electrons. The topological polar surface area (TPSA) is 92.3 Å². The van der Waals surface area contributed by atoms with Crippen molar-refractivity contribution in [3.8, 4) is 17.2 Å². The Labute approximate surface area is 208 Å². The predicted molar refractivity (Wildman–Crippen MR) is 135 cm³/mol. The van der Waals surface area contributed by atoms with Gasteiger partial charge >= 0.3 is 0 Å². The van der Waals surface area contributed by atoms with Gasteiger partial charge in [0.2, 0.25) is 6.54 Å². The number of ether oxygens (including phenoxy) is 2. The van der Waals surface area contributed by atoms with Gasteiger partial charge in [0.1, 0.15) is 17.7 Å². The summed E-state index contributed by atoms with van der Waals surface area (Å²) in [7, 11) is 1.56. The number of hydrogen-bond acceptors (Lipinski definition) is 7. The van der Waals surface area contributed by atoms with Gasteiger partial charge in [-0.05, 0) is 54.8 Å². The first-order valence-corrected chi connectivity index (χ1v) is 11.9. The van der Waals surface area contributed by atoms with E-state index in [2.05, 4.69) is 10.2 Å². The highest BCUT2D eigenvalue weighted by molar-refractivity contribution is 7.99. The average Bonchev–Trinajstić information content (AvgIpc) is 3.22. The molecule has 0 aliphatic carbocycles. The van der Waals surface area contributed by atoms with Gasteiger partial charge < -0.3 is 9.47 Å². The number of aryl methyl sites for hydroxylation is 2. The fourth-order valence-electron chi connectivity index (χ4n) is 3.70. The van der Waals surface area contributed by atoms with Crippen molar-refractivity contribution in [2.75, 3.05) is 13.7 Å². The SMILES string of the molecule is COc1cc([C@@H](C[N+](=O)[O-])Sc2nnc(C)n2-c2cccc(C)c2)ccc1OCc1ccccc1. The van der Waals surface area contributed by atoms with E-state index in [1.54, 1.807) is 19.2 Å². The molecule has 0 fully saturated rings. The normalized spacial score (nSPS) is 11.7. The van der Waals surface area contributed by atoms with Gasteiger partial charge in [0, 0.05) is 10.6 Å².